The van der Waals surface area contributed by atoms with Crippen molar-refractivity contribution in [3.63, 3.8) is 0 Å². The minimum Gasteiger partial charge on any atom is -0.341 e. The Labute approximate surface area is 157 Å². The summed E-state index contributed by atoms with van der Waals surface area (Å²) in [5.41, 5.74) is 0. The van der Waals surface area contributed by atoms with E-state index >= 15 is 0 Å². The van der Waals surface area contributed by atoms with Gasteiger partial charge in [0.25, 0.3) is 11.8 Å². The van der Waals surface area contributed by atoms with E-state index in [1.165, 1.54) is 0 Å². The lowest BCUT2D eigenvalue weighted by Crippen LogP contribution is -2.47. The van der Waals surface area contributed by atoms with Crippen LogP contribution in [0.2, 0.25) is 0 Å². The first-order valence-electron chi connectivity index (χ1n) is 9.14. The predicted octanol–water partition coefficient (Wildman–Crippen LogP) is 1.69. The van der Waals surface area contributed by atoms with E-state index in [1.807, 2.05) is 23.6 Å². The topological polar surface area (TPSA) is 96.0 Å². The van der Waals surface area contributed by atoms with Gasteiger partial charge in [0.15, 0.2) is 0 Å². The van der Waals surface area contributed by atoms with Gasteiger partial charge in [-0.15, -0.1) is 5.06 Å². The van der Waals surface area contributed by atoms with Crippen LogP contribution in [0.1, 0.15) is 51.9 Å². The van der Waals surface area contributed by atoms with E-state index in [0.29, 0.717) is 23.3 Å². The third kappa shape index (κ3) is 5.12. The molecule has 9 heteroatoms. The molecule has 0 aromatic carbocycles. The number of hydroxylamine groups is 2. The van der Waals surface area contributed by atoms with Gasteiger partial charge in [0, 0.05) is 44.1 Å². The first kappa shape index (κ1) is 20.5. The molecule has 2 aliphatic heterocycles. The van der Waals surface area contributed by atoms with Gasteiger partial charge in [-0.2, -0.15) is 11.8 Å². The van der Waals surface area contributed by atoms with Gasteiger partial charge < -0.3 is 15.1 Å². The highest BCUT2D eigenvalue weighted by atomic mass is 32.2. The maximum atomic E-state index is 12.0. The van der Waals surface area contributed by atoms with Gasteiger partial charge >= 0.3 is 12.0 Å². The molecule has 0 bridgehead atoms. The molecule has 0 aromatic rings. The number of hydrogen-bond donors (Lipinski definition) is 1. The summed E-state index contributed by atoms with van der Waals surface area (Å²) in [6, 6.07) is 0.172. The summed E-state index contributed by atoms with van der Waals surface area (Å²) in [5.74, 6) is -0.432. The zero-order valence-electron chi connectivity index (χ0n) is 15.4. The summed E-state index contributed by atoms with van der Waals surface area (Å²) in [6.45, 7) is 2.65. The number of hydrogen-bond acceptors (Lipinski definition) is 6. The van der Waals surface area contributed by atoms with E-state index in [9.17, 15) is 19.2 Å². The second kappa shape index (κ2) is 9.80. The van der Waals surface area contributed by atoms with E-state index in [1.54, 1.807) is 7.05 Å². The molecule has 0 radical (unpaired) electrons. The number of rotatable bonds is 8. The minimum absolute atomic E-state index is 0.0477. The lowest BCUT2D eigenvalue weighted by atomic mass is 10.0. The van der Waals surface area contributed by atoms with Gasteiger partial charge in [-0.05, 0) is 31.9 Å². The van der Waals surface area contributed by atoms with Crippen molar-refractivity contribution in [3.05, 3.63) is 0 Å². The number of nitrogens with zero attached hydrogens (tertiary/aromatic N) is 2. The average molecular weight is 385 g/mol. The predicted molar refractivity (Wildman–Crippen MR) is 97.1 cm³/mol. The molecule has 2 fully saturated rings. The molecular weight excluding hydrogens is 358 g/mol. The molecule has 2 rings (SSSR count). The Morgan fingerprint density at radius 1 is 1.27 bits per heavy atom. The Morgan fingerprint density at radius 3 is 2.58 bits per heavy atom. The van der Waals surface area contributed by atoms with Crippen LogP contribution >= 0.6 is 11.8 Å². The molecule has 8 nitrogen and oxygen atoms in total. The Morgan fingerprint density at radius 2 is 1.96 bits per heavy atom. The molecule has 0 spiro atoms. The minimum atomic E-state index is -0.551. The van der Waals surface area contributed by atoms with E-state index in [-0.39, 0.29) is 31.3 Å². The Bertz CT molecular complexity index is 541. The molecule has 4 amide bonds. The second-order valence-corrected chi connectivity index (χ2v) is 7.74. The number of unbranched alkanes of at least 4 members (excludes halogenated alkanes) is 1. The van der Waals surface area contributed by atoms with Crippen LogP contribution < -0.4 is 5.32 Å². The standard InChI is InChI=1S/C17H27N3O5S/c1-3-19(17(24)18-2)12-10-11-26-13(12)6-4-5-7-16(23)25-20-14(21)8-9-15(20)22/h12-13H,3-11H2,1-2H3,(H,18,24)/t12-,13-/m0/s1. The van der Waals surface area contributed by atoms with Gasteiger partial charge in [0.1, 0.15) is 0 Å². The maximum absolute atomic E-state index is 12.0. The van der Waals surface area contributed by atoms with Gasteiger partial charge in [0.2, 0.25) is 0 Å². The monoisotopic (exact) mass is 385 g/mol. The second-order valence-electron chi connectivity index (χ2n) is 6.40. The van der Waals surface area contributed by atoms with Crippen molar-refractivity contribution in [3.8, 4) is 0 Å². The van der Waals surface area contributed by atoms with Crippen LogP contribution in [0.3, 0.4) is 0 Å². The van der Waals surface area contributed by atoms with Crippen LogP contribution in [0.25, 0.3) is 0 Å². The number of nitrogens with one attached hydrogen (secondary N) is 1. The number of urea groups is 1. The summed E-state index contributed by atoms with van der Waals surface area (Å²) in [7, 11) is 1.64. The normalized spacial score (nSPS) is 22.6. The molecule has 26 heavy (non-hydrogen) atoms. The zero-order valence-corrected chi connectivity index (χ0v) is 16.2. The molecule has 2 aliphatic rings. The number of carbonyl (C=O) groups excluding carboxylic acids is 4. The van der Waals surface area contributed by atoms with Crippen molar-refractivity contribution in [2.24, 2.45) is 0 Å². The zero-order chi connectivity index (χ0) is 19.1. The van der Waals surface area contributed by atoms with Gasteiger partial charge in [-0.3, -0.25) is 9.59 Å². The smallest absolute Gasteiger partial charge is 0.333 e. The van der Waals surface area contributed by atoms with Gasteiger partial charge in [-0.25, -0.2) is 9.59 Å². The highest BCUT2D eigenvalue weighted by Crippen LogP contribution is 2.34. The van der Waals surface area contributed by atoms with Gasteiger partial charge in [0.05, 0.1) is 0 Å². The first-order valence-corrected chi connectivity index (χ1v) is 10.2. The van der Waals surface area contributed by atoms with E-state index in [2.05, 4.69) is 5.32 Å². The SMILES string of the molecule is CCN(C(=O)NC)[C@H]1CCS[C@H]1CCCCC(=O)ON1C(=O)CCC1=O. The van der Waals surface area contributed by atoms with Crippen LogP contribution in [0.4, 0.5) is 4.79 Å². The molecule has 0 aliphatic carbocycles. The van der Waals surface area contributed by atoms with Crippen molar-refractivity contribution < 1.29 is 24.0 Å². The van der Waals surface area contributed by atoms with Crippen LogP contribution in [-0.2, 0) is 19.2 Å². The third-order valence-corrected chi connectivity index (χ3v) is 6.16. The lowest BCUT2D eigenvalue weighted by molar-refractivity contribution is -0.197. The Hall–Kier alpha value is -1.77. The summed E-state index contributed by atoms with van der Waals surface area (Å²) in [6.07, 6.45) is 3.74. The summed E-state index contributed by atoms with van der Waals surface area (Å²) in [4.78, 5) is 53.4. The molecule has 2 atom stereocenters. The summed E-state index contributed by atoms with van der Waals surface area (Å²) in [5, 5.41) is 3.65. The number of amides is 4. The Kier molecular flexibility index (Phi) is 7.74. The highest BCUT2D eigenvalue weighted by molar-refractivity contribution is 8.00. The first-order chi connectivity index (χ1) is 12.5. The summed E-state index contributed by atoms with van der Waals surface area (Å²) >= 11 is 1.87. The molecule has 1 N–H and O–H groups in total. The van der Waals surface area contributed by atoms with E-state index in [0.717, 1.165) is 25.0 Å². The largest absolute Gasteiger partial charge is 0.341 e. The van der Waals surface area contributed by atoms with Crippen molar-refractivity contribution in [2.75, 3.05) is 19.3 Å². The molecule has 2 heterocycles. The van der Waals surface area contributed by atoms with E-state index < -0.39 is 17.8 Å². The maximum Gasteiger partial charge on any atom is 0.333 e. The lowest BCUT2D eigenvalue weighted by Gasteiger charge is -2.31. The summed E-state index contributed by atoms with van der Waals surface area (Å²) < 4.78 is 0. The fourth-order valence-electron chi connectivity index (χ4n) is 3.36. The third-order valence-electron chi connectivity index (χ3n) is 4.71. The molecule has 0 saturated carbocycles. The fourth-order valence-corrected chi connectivity index (χ4v) is 4.88. The van der Waals surface area contributed by atoms with Crippen molar-refractivity contribution in [2.45, 2.75) is 63.2 Å². The number of carbonyl (C=O) groups is 4. The average Bonchev–Trinajstić information content (AvgIpc) is 3.21. The van der Waals surface area contributed by atoms with E-state index in [4.69, 9.17) is 4.84 Å². The molecular formula is C17H27N3O5S. The number of thioether (sulfide) groups is 1. The van der Waals surface area contributed by atoms with Crippen molar-refractivity contribution >= 4 is 35.6 Å². The van der Waals surface area contributed by atoms with Crippen LogP contribution in [0, 0.1) is 0 Å². The van der Waals surface area contributed by atoms with Gasteiger partial charge in [-0.1, -0.05) is 6.42 Å². The Balaban J connectivity index is 1.71. The highest BCUT2D eigenvalue weighted by Gasteiger charge is 2.34. The van der Waals surface area contributed by atoms with Crippen LogP contribution in [0.5, 0.6) is 0 Å². The fraction of sp³-hybridized carbons (Fsp3) is 0.765. The molecule has 146 valence electrons. The molecule has 2 saturated heterocycles. The van der Waals surface area contributed by atoms with Crippen molar-refractivity contribution in [1.29, 1.82) is 0 Å². The van der Waals surface area contributed by atoms with Crippen LogP contribution in [0.15, 0.2) is 0 Å². The molecule has 0 unspecified atom stereocenters. The van der Waals surface area contributed by atoms with Crippen molar-refractivity contribution in [1.82, 2.24) is 15.3 Å². The molecule has 0 aromatic heterocycles. The quantitative estimate of drug-likeness (QED) is 0.505. The number of imide groups is 1. The van der Waals surface area contributed by atoms with Crippen LogP contribution in [-0.4, -0.2) is 64.4 Å².